The van der Waals surface area contributed by atoms with Gasteiger partial charge in [-0.3, -0.25) is 14.9 Å². The summed E-state index contributed by atoms with van der Waals surface area (Å²) >= 11 is 0. The minimum Gasteiger partial charge on any atom is -0.469 e. The number of alkyl halides is 3. The molecule has 0 spiro atoms. The van der Waals surface area contributed by atoms with Gasteiger partial charge in [0, 0.05) is 29.7 Å². The van der Waals surface area contributed by atoms with Crippen molar-refractivity contribution in [1.29, 1.82) is 0 Å². The van der Waals surface area contributed by atoms with E-state index in [-0.39, 0.29) is 47.3 Å². The highest BCUT2D eigenvalue weighted by Gasteiger charge is 2.45. The van der Waals surface area contributed by atoms with Crippen LogP contribution >= 0.6 is 0 Å². The van der Waals surface area contributed by atoms with Crippen LogP contribution in [0, 0.1) is 10.1 Å². The van der Waals surface area contributed by atoms with Crippen LogP contribution in [0.15, 0.2) is 58.3 Å². The summed E-state index contributed by atoms with van der Waals surface area (Å²) < 4.78 is 46.3. The van der Waals surface area contributed by atoms with Crippen LogP contribution in [0.4, 0.5) is 24.8 Å². The van der Waals surface area contributed by atoms with E-state index < -0.39 is 23.0 Å². The number of halogens is 3. The number of furan rings is 1. The second-order valence-corrected chi connectivity index (χ2v) is 7.48. The van der Waals surface area contributed by atoms with E-state index in [0.717, 1.165) is 4.68 Å². The number of hydrogen-bond donors (Lipinski definition) is 1. The second kappa shape index (κ2) is 7.04. The molecule has 1 aromatic carbocycles. The monoisotopic (exact) mass is 445 g/mol. The molecule has 1 aliphatic heterocycles. The Morgan fingerprint density at radius 3 is 2.66 bits per heavy atom. The first kappa shape index (κ1) is 20.0. The zero-order valence-electron chi connectivity index (χ0n) is 16.2. The summed E-state index contributed by atoms with van der Waals surface area (Å²) in [6, 6.07) is 7.77. The van der Waals surface area contributed by atoms with E-state index in [4.69, 9.17) is 4.42 Å². The molecule has 2 aliphatic rings. The van der Waals surface area contributed by atoms with Gasteiger partial charge in [0.25, 0.3) is 11.5 Å². The van der Waals surface area contributed by atoms with Gasteiger partial charge in [-0.1, -0.05) is 12.1 Å². The van der Waals surface area contributed by atoms with Crippen molar-refractivity contribution >= 4 is 17.4 Å². The fraction of sp³-hybridized carbons (Fsp3) is 0.250. The maximum absolute atomic E-state index is 13.3. The fourth-order valence-corrected chi connectivity index (χ4v) is 4.23. The maximum Gasteiger partial charge on any atom is 0.453 e. The minimum absolute atomic E-state index is 0.0430. The summed E-state index contributed by atoms with van der Waals surface area (Å²) in [6.07, 6.45) is -3.05. The Hall–Kier alpha value is -3.96. The zero-order valence-corrected chi connectivity index (χ0v) is 16.2. The van der Waals surface area contributed by atoms with Crippen molar-refractivity contribution < 1.29 is 27.3 Å². The van der Waals surface area contributed by atoms with Crippen LogP contribution in [0.3, 0.4) is 0 Å². The highest BCUT2D eigenvalue weighted by molar-refractivity contribution is 6.00. The number of fused-ring (bicyclic) bond motifs is 1. The largest absolute Gasteiger partial charge is 0.469 e. The van der Waals surface area contributed by atoms with Crippen molar-refractivity contribution in [2.24, 2.45) is 0 Å². The summed E-state index contributed by atoms with van der Waals surface area (Å²) in [4.78, 5) is 27.8. The number of carbonyl (C=O) groups is 1. The Bertz CT molecular complexity index is 1260. The third-order valence-corrected chi connectivity index (χ3v) is 5.55. The Labute approximate surface area is 177 Å². The van der Waals surface area contributed by atoms with Crippen LogP contribution in [-0.2, 0) is 11.0 Å². The number of aromatic nitrogens is 3. The smallest absolute Gasteiger partial charge is 0.453 e. The SMILES string of the molecule is O=C1C[C@@H](c2ccco2)CC2=C1[C@@H](c1ccccc1[N+](=O)[O-])n1nc(C(F)(F)F)nc1N2. The molecular formula is C20H14F3N5O4. The molecule has 1 N–H and O–H groups in total. The summed E-state index contributed by atoms with van der Waals surface area (Å²) in [6.45, 7) is 0. The van der Waals surface area contributed by atoms with Crippen molar-refractivity contribution in [3.8, 4) is 0 Å². The topological polar surface area (TPSA) is 116 Å². The standard InChI is InChI=1S/C20H14F3N5O4/c21-20(22,23)18-25-19-24-12-8-10(15-6-3-7-32-15)9-14(29)16(12)17(27(19)26-18)11-4-1-2-5-13(11)28(30)31/h1-7,10,17H,8-9H2,(H,24,25,26)/t10-,17+/m0/s1. The summed E-state index contributed by atoms with van der Waals surface area (Å²) in [5.41, 5.74) is 0.200. The number of rotatable bonds is 3. The molecule has 2 atom stereocenters. The molecule has 0 radical (unpaired) electrons. The van der Waals surface area contributed by atoms with Crippen LogP contribution in [0.25, 0.3) is 0 Å². The van der Waals surface area contributed by atoms with Crippen molar-refractivity contribution in [3.05, 3.63) is 81.2 Å². The average Bonchev–Trinajstić information content (AvgIpc) is 3.41. The first-order chi connectivity index (χ1) is 15.2. The van der Waals surface area contributed by atoms with E-state index in [0.29, 0.717) is 11.5 Å². The van der Waals surface area contributed by atoms with Gasteiger partial charge >= 0.3 is 6.18 Å². The number of benzene rings is 1. The molecule has 0 fully saturated rings. The van der Waals surface area contributed by atoms with Crippen LogP contribution < -0.4 is 5.32 Å². The van der Waals surface area contributed by atoms with Gasteiger partial charge in [0.2, 0.25) is 5.95 Å². The van der Waals surface area contributed by atoms with E-state index in [1.54, 1.807) is 12.1 Å². The Kier molecular flexibility index (Phi) is 4.39. The van der Waals surface area contributed by atoms with Crippen LogP contribution in [0.2, 0.25) is 0 Å². The summed E-state index contributed by atoms with van der Waals surface area (Å²) in [7, 11) is 0. The number of nitrogens with zero attached hydrogens (tertiary/aromatic N) is 4. The number of anilines is 1. The number of allylic oxidation sites excluding steroid dienone is 2. The highest BCUT2D eigenvalue weighted by Crippen LogP contribution is 2.46. The lowest BCUT2D eigenvalue weighted by Gasteiger charge is -2.34. The lowest BCUT2D eigenvalue weighted by molar-refractivity contribution is -0.385. The van der Waals surface area contributed by atoms with Gasteiger partial charge in [0.1, 0.15) is 11.8 Å². The quantitative estimate of drug-likeness (QED) is 0.474. The molecular weight excluding hydrogens is 431 g/mol. The third-order valence-electron chi connectivity index (χ3n) is 5.55. The lowest BCUT2D eigenvalue weighted by Crippen LogP contribution is -2.33. The number of nitro benzene ring substituents is 1. The van der Waals surface area contributed by atoms with Gasteiger partial charge in [0.05, 0.1) is 16.7 Å². The molecule has 3 heterocycles. The van der Waals surface area contributed by atoms with Crippen molar-refractivity contribution in [1.82, 2.24) is 14.8 Å². The summed E-state index contributed by atoms with van der Waals surface area (Å²) in [5, 5.41) is 18.0. The molecule has 9 nitrogen and oxygen atoms in total. The van der Waals surface area contributed by atoms with E-state index >= 15 is 0 Å². The Balaban J connectivity index is 1.70. The van der Waals surface area contributed by atoms with E-state index in [1.165, 1.54) is 30.5 Å². The van der Waals surface area contributed by atoms with Gasteiger partial charge in [-0.25, -0.2) is 4.68 Å². The predicted molar refractivity (Wildman–Crippen MR) is 103 cm³/mol. The van der Waals surface area contributed by atoms with Crippen LogP contribution in [-0.4, -0.2) is 25.5 Å². The Morgan fingerprint density at radius 1 is 1.19 bits per heavy atom. The number of nitro groups is 1. The first-order valence-electron chi connectivity index (χ1n) is 9.57. The predicted octanol–water partition coefficient (Wildman–Crippen LogP) is 4.21. The Morgan fingerprint density at radius 2 is 1.97 bits per heavy atom. The number of Topliss-reactive ketones (excluding diaryl/α,β-unsaturated/α-hetero) is 1. The first-order valence-corrected chi connectivity index (χ1v) is 9.57. The van der Waals surface area contributed by atoms with Crippen LogP contribution in [0.1, 0.15) is 41.9 Å². The molecule has 164 valence electrons. The molecule has 0 saturated heterocycles. The van der Waals surface area contributed by atoms with E-state index in [1.807, 2.05) is 0 Å². The number of nitrogens with one attached hydrogen (secondary N) is 1. The average molecular weight is 445 g/mol. The van der Waals surface area contributed by atoms with Crippen LogP contribution in [0.5, 0.6) is 0 Å². The molecule has 5 rings (SSSR count). The van der Waals surface area contributed by atoms with Crippen molar-refractivity contribution in [2.45, 2.75) is 31.0 Å². The molecule has 1 aliphatic carbocycles. The molecule has 3 aromatic rings. The second-order valence-electron chi connectivity index (χ2n) is 7.48. The zero-order chi connectivity index (χ0) is 22.6. The summed E-state index contributed by atoms with van der Waals surface area (Å²) in [5.74, 6) is -1.77. The normalized spacial score (nSPS) is 20.5. The number of para-hydroxylation sites is 1. The molecule has 12 heteroatoms. The van der Waals surface area contributed by atoms with E-state index in [2.05, 4.69) is 15.4 Å². The number of hydrogen-bond acceptors (Lipinski definition) is 7. The number of ketones is 1. The fourth-order valence-electron chi connectivity index (χ4n) is 4.23. The van der Waals surface area contributed by atoms with Gasteiger partial charge < -0.3 is 9.73 Å². The van der Waals surface area contributed by atoms with Gasteiger partial charge in [-0.15, -0.1) is 5.10 Å². The van der Waals surface area contributed by atoms with Crippen molar-refractivity contribution in [2.75, 3.05) is 5.32 Å². The van der Waals surface area contributed by atoms with Gasteiger partial charge in [-0.05, 0) is 24.6 Å². The third kappa shape index (κ3) is 3.15. The highest BCUT2D eigenvalue weighted by atomic mass is 19.4. The van der Waals surface area contributed by atoms with E-state index in [9.17, 15) is 28.1 Å². The number of carbonyl (C=O) groups excluding carboxylic acids is 1. The lowest BCUT2D eigenvalue weighted by atomic mass is 9.79. The molecule has 0 bridgehead atoms. The molecule has 2 aromatic heterocycles. The molecule has 0 amide bonds. The molecule has 0 unspecified atom stereocenters. The van der Waals surface area contributed by atoms with Crippen molar-refractivity contribution in [3.63, 3.8) is 0 Å². The maximum atomic E-state index is 13.3. The van der Waals surface area contributed by atoms with Gasteiger partial charge in [-0.2, -0.15) is 18.2 Å². The molecule has 32 heavy (non-hydrogen) atoms. The van der Waals surface area contributed by atoms with Gasteiger partial charge in [0.15, 0.2) is 5.78 Å². The molecule has 0 saturated carbocycles. The minimum atomic E-state index is -4.83.